The molecule has 0 unspecified atom stereocenters. The van der Waals surface area contributed by atoms with Gasteiger partial charge in [0.05, 0.1) is 5.56 Å². The van der Waals surface area contributed by atoms with E-state index >= 15 is 0 Å². The number of rotatable bonds is 5. The van der Waals surface area contributed by atoms with Crippen molar-refractivity contribution in [2.45, 2.75) is 19.5 Å². The first-order chi connectivity index (χ1) is 13.4. The van der Waals surface area contributed by atoms with Gasteiger partial charge in [-0.25, -0.2) is 9.97 Å². The summed E-state index contributed by atoms with van der Waals surface area (Å²) >= 11 is 0. The van der Waals surface area contributed by atoms with Crippen LogP contribution in [0.15, 0.2) is 60.8 Å². The molecule has 3 aromatic rings. The number of carbonyl (C=O) groups is 1. The zero-order valence-corrected chi connectivity index (χ0v) is 14.9. The predicted molar refractivity (Wildman–Crippen MR) is 101 cm³/mol. The van der Waals surface area contributed by atoms with Gasteiger partial charge in [0.25, 0.3) is 5.91 Å². The van der Waals surface area contributed by atoms with Crippen LogP contribution in [0, 0.1) is 0 Å². The largest absolute Gasteiger partial charge is 0.416 e. The lowest BCUT2D eigenvalue weighted by molar-refractivity contribution is -0.137. The fraction of sp³-hybridized carbons (Fsp3) is 0.150. The molecule has 2 aromatic carbocycles. The molecule has 5 nitrogen and oxygen atoms in total. The highest BCUT2D eigenvalue weighted by Crippen LogP contribution is 2.31. The van der Waals surface area contributed by atoms with Gasteiger partial charge in [0.15, 0.2) is 0 Å². The third-order valence-corrected chi connectivity index (χ3v) is 3.98. The molecule has 0 atom stereocenters. The van der Waals surface area contributed by atoms with Gasteiger partial charge in [0.1, 0.15) is 5.69 Å². The summed E-state index contributed by atoms with van der Waals surface area (Å²) in [5.41, 5.74) is 1.13. The first-order valence-electron chi connectivity index (χ1n) is 8.53. The smallest absolute Gasteiger partial charge is 0.324 e. The van der Waals surface area contributed by atoms with E-state index in [4.69, 9.17) is 0 Å². The molecule has 2 N–H and O–H groups in total. The number of amides is 1. The lowest BCUT2D eigenvalue weighted by atomic mass is 10.1. The van der Waals surface area contributed by atoms with Crippen LogP contribution in [-0.4, -0.2) is 15.9 Å². The quantitative estimate of drug-likeness (QED) is 0.644. The number of nitrogens with zero attached hydrogens (tertiary/aromatic N) is 2. The molecule has 0 fully saturated rings. The average molecular weight is 386 g/mol. The molecular weight excluding hydrogens is 369 g/mol. The summed E-state index contributed by atoms with van der Waals surface area (Å²) in [4.78, 5) is 20.6. The molecule has 8 heteroatoms. The Morgan fingerprint density at radius 2 is 1.86 bits per heavy atom. The maximum Gasteiger partial charge on any atom is 0.416 e. The molecule has 0 spiro atoms. The van der Waals surface area contributed by atoms with Gasteiger partial charge >= 0.3 is 6.18 Å². The van der Waals surface area contributed by atoms with E-state index in [0.29, 0.717) is 5.69 Å². The van der Waals surface area contributed by atoms with Crippen LogP contribution in [-0.2, 0) is 12.6 Å². The van der Waals surface area contributed by atoms with Crippen molar-refractivity contribution in [3.8, 4) is 0 Å². The fourth-order valence-electron chi connectivity index (χ4n) is 2.58. The molecule has 1 aromatic heterocycles. The summed E-state index contributed by atoms with van der Waals surface area (Å²) in [6.07, 6.45) is -2.33. The van der Waals surface area contributed by atoms with E-state index < -0.39 is 17.6 Å². The molecule has 1 amide bonds. The maximum atomic E-state index is 12.8. The summed E-state index contributed by atoms with van der Waals surface area (Å²) in [5.74, 6) is -0.411. The second-order valence-corrected chi connectivity index (χ2v) is 5.93. The molecule has 1 heterocycles. The highest BCUT2D eigenvalue weighted by molar-refractivity contribution is 6.03. The van der Waals surface area contributed by atoms with Crippen LogP contribution in [0.4, 0.5) is 30.5 Å². The second-order valence-electron chi connectivity index (χ2n) is 5.93. The van der Waals surface area contributed by atoms with Crippen LogP contribution in [0.5, 0.6) is 0 Å². The summed E-state index contributed by atoms with van der Waals surface area (Å²) in [6, 6.07) is 13.5. The Hall–Kier alpha value is -3.42. The van der Waals surface area contributed by atoms with Crippen molar-refractivity contribution < 1.29 is 18.0 Å². The first kappa shape index (κ1) is 19.3. The summed E-state index contributed by atoms with van der Waals surface area (Å²) < 4.78 is 38.5. The summed E-state index contributed by atoms with van der Waals surface area (Å²) in [5, 5.41) is 5.49. The van der Waals surface area contributed by atoms with Gasteiger partial charge in [-0.15, -0.1) is 0 Å². The molecule has 28 heavy (non-hydrogen) atoms. The number of carbonyl (C=O) groups excluding carboxylic acids is 1. The molecule has 144 valence electrons. The third kappa shape index (κ3) is 4.64. The molecular formula is C20H17F3N4O. The maximum absolute atomic E-state index is 12.8. The Labute approximate surface area is 159 Å². The van der Waals surface area contributed by atoms with E-state index in [2.05, 4.69) is 20.6 Å². The normalized spacial score (nSPS) is 11.1. The van der Waals surface area contributed by atoms with Crippen molar-refractivity contribution in [3.63, 3.8) is 0 Å². The van der Waals surface area contributed by atoms with Gasteiger partial charge in [-0.05, 0) is 42.3 Å². The Morgan fingerprint density at radius 1 is 1.07 bits per heavy atom. The van der Waals surface area contributed by atoms with Crippen molar-refractivity contribution in [1.82, 2.24) is 9.97 Å². The number of aromatic nitrogens is 2. The Morgan fingerprint density at radius 3 is 2.61 bits per heavy atom. The molecule has 0 aliphatic rings. The van der Waals surface area contributed by atoms with Crippen molar-refractivity contribution in [3.05, 3.63) is 77.6 Å². The van der Waals surface area contributed by atoms with E-state index in [0.717, 1.165) is 24.1 Å². The third-order valence-electron chi connectivity index (χ3n) is 3.98. The van der Waals surface area contributed by atoms with Crippen molar-refractivity contribution in [2.24, 2.45) is 0 Å². The highest BCUT2D eigenvalue weighted by Gasteiger charge is 2.30. The van der Waals surface area contributed by atoms with Crippen LogP contribution >= 0.6 is 0 Å². The minimum absolute atomic E-state index is 0.0238. The minimum Gasteiger partial charge on any atom is -0.324 e. The molecule has 3 rings (SSSR count). The van der Waals surface area contributed by atoms with Crippen LogP contribution in [0.2, 0.25) is 0 Å². The van der Waals surface area contributed by atoms with Gasteiger partial charge in [0, 0.05) is 17.6 Å². The second kappa shape index (κ2) is 8.08. The highest BCUT2D eigenvalue weighted by atomic mass is 19.4. The number of hydrogen-bond acceptors (Lipinski definition) is 4. The van der Waals surface area contributed by atoms with E-state index in [-0.39, 0.29) is 17.3 Å². The molecule has 0 saturated carbocycles. The zero-order chi connectivity index (χ0) is 20.1. The van der Waals surface area contributed by atoms with Gasteiger partial charge in [-0.3, -0.25) is 4.79 Å². The van der Waals surface area contributed by atoms with Crippen molar-refractivity contribution in [2.75, 3.05) is 10.6 Å². The van der Waals surface area contributed by atoms with Crippen LogP contribution in [0.25, 0.3) is 0 Å². The van der Waals surface area contributed by atoms with Crippen LogP contribution in [0.1, 0.15) is 28.5 Å². The number of hydrogen-bond donors (Lipinski definition) is 2. The number of benzene rings is 2. The van der Waals surface area contributed by atoms with Gasteiger partial charge in [0.2, 0.25) is 5.95 Å². The Bertz CT molecular complexity index is 989. The van der Waals surface area contributed by atoms with E-state index in [9.17, 15) is 18.0 Å². The summed E-state index contributed by atoms with van der Waals surface area (Å²) in [7, 11) is 0. The number of para-hydroxylation sites is 1. The lowest BCUT2D eigenvalue weighted by Gasteiger charge is -2.11. The van der Waals surface area contributed by atoms with Gasteiger partial charge < -0.3 is 10.6 Å². The van der Waals surface area contributed by atoms with E-state index in [1.807, 2.05) is 25.1 Å². The molecule has 0 bridgehead atoms. The number of alkyl halides is 3. The topological polar surface area (TPSA) is 66.9 Å². The number of anilines is 3. The van der Waals surface area contributed by atoms with Gasteiger partial charge in [-0.2, -0.15) is 13.2 Å². The molecule has 0 aliphatic carbocycles. The van der Waals surface area contributed by atoms with Crippen LogP contribution in [0.3, 0.4) is 0 Å². The van der Waals surface area contributed by atoms with E-state index in [1.165, 1.54) is 24.4 Å². The molecule has 0 saturated heterocycles. The lowest BCUT2D eigenvalue weighted by Crippen LogP contribution is -2.15. The SMILES string of the molecule is CCc1ccccc1NC(=O)c1ccnc(Nc2cccc(C(F)(F)F)c2)n1. The van der Waals surface area contributed by atoms with Crippen molar-refractivity contribution in [1.29, 1.82) is 0 Å². The average Bonchev–Trinajstić information content (AvgIpc) is 2.68. The molecule has 0 radical (unpaired) electrons. The Balaban J connectivity index is 1.78. The van der Waals surface area contributed by atoms with Crippen molar-refractivity contribution >= 4 is 23.2 Å². The predicted octanol–water partition coefficient (Wildman–Crippen LogP) is 5.05. The number of halogens is 3. The zero-order valence-electron chi connectivity index (χ0n) is 14.9. The molecule has 0 aliphatic heterocycles. The number of nitrogens with one attached hydrogen (secondary N) is 2. The first-order valence-corrected chi connectivity index (χ1v) is 8.53. The summed E-state index contributed by atoms with van der Waals surface area (Å²) in [6.45, 7) is 1.98. The minimum atomic E-state index is -4.45. The fourth-order valence-corrected chi connectivity index (χ4v) is 2.58. The van der Waals surface area contributed by atoms with Crippen LogP contribution < -0.4 is 10.6 Å². The van der Waals surface area contributed by atoms with E-state index in [1.54, 1.807) is 6.07 Å². The Kier molecular flexibility index (Phi) is 5.58. The number of aryl methyl sites for hydroxylation is 1. The van der Waals surface area contributed by atoms with Gasteiger partial charge in [-0.1, -0.05) is 31.2 Å². The monoisotopic (exact) mass is 386 g/mol. The standard InChI is InChI=1S/C20H17F3N4O/c1-2-13-6-3-4-9-16(13)26-18(28)17-10-11-24-19(27-17)25-15-8-5-7-14(12-15)20(21,22)23/h3-12H,2H2,1H3,(H,26,28)(H,24,25,27).